The fraction of sp³-hybridized carbons (Fsp3) is 0.267. The Morgan fingerprint density at radius 2 is 1.89 bits per heavy atom. The van der Waals surface area contributed by atoms with Gasteiger partial charge in [0.05, 0.1) is 19.4 Å². The average Bonchev–Trinajstić information content (AvgIpc) is 2.47. The monoisotopic (exact) mass is 259 g/mol. The highest BCUT2D eigenvalue weighted by molar-refractivity contribution is 5.43. The lowest BCUT2D eigenvalue weighted by Crippen LogP contribution is -1.98. The summed E-state index contributed by atoms with van der Waals surface area (Å²) < 4.78 is 11.4. The molecule has 1 heterocycles. The van der Waals surface area contributed by atoms with Gasteiger partial charge in [0, 0.05) is 11.8 Å². The highest BCUT2D eigenvalue weighted by atomic mass is 16.5. The van der Waals surface area contributed by atoms with Gasteiger partial charge in [0.25, 0.3) is 0 Å². The number of aromatic nitrogens is 1. The normalized spacial score (nSPS) is 10.2. The first-order chi connectivity index (χ1) is 9.35. The Kier molecular flexibility index (Phi) is 4.75. The van der Waals surface area contributed by atoms with Crippen LogP contribution in [0.15, 0.2) is 42.7 Å². The van der Waals surface area contributed by atoms with Crippen molar-refractivity contribution < 1.29 is 14.6 Å². The lowest BCUT2D eigenvalue weighted by Gasteiger charge is -2.13. The molecule has 0 radical (unpaired) electrons. The molecule has 0 aliphatic rings. The van der Waals surface area contributed by atoms with Gasteiger partial charge in [-0.25, -0.2) is 0 Å². The van der Waals surface area contributed by atoms with Crippen LogP contribution in [-0.4, -0.2) is 16.7 Å². The molecule has 2 aromatic rings. The molecule has 19 heavy (non-hydrogen) atoms. The average molecular weight is 259 g/mol. The van der Waals surface area contributed by atoms with Crippen LogP contribution in [0.3, 0.4) is 0 Å². The van der Waals surface area contributed by atoms with Gasteiger partial charge in [-0.05, 0) is 24.6 Å². The molecule has 0 aliphatic carbocycles. The van der Waals surface area contributed by atoms with Gasteiger partial charge in [-0.2, -0.15) is 0 Å². The van der Waals surface area contributed by atoms with Gasteiger partial charge in [-0.15, -0.1) is 0 Å². The summed E-state index contributed by atoms with van der Waals surface area (Å²) in [6, 6.07) is 9.20. The molecule has 1 aromatic heterocycles. The first-order valence-electron chi connectivity index (χ1n) is 6.28. The standard InChI is InChI=1S/C15H17NO3/c1-2-9-18-13-5-3-4-6-14(13)19-15-10-16-8-7-12(15)11-17/h3-8,10,17H,2,9,11H2,1H3. The van der Waals surface area contributed by atoms with E-state index in [9.17, 15) is 5.11 Å². The number of aliphatic hydroxyl groups excluding tert-OH is 1. The summed E-state index contributed by atoms with van der Waals surface area (Å²) in [5.41, 5.74) is 0.695. The van der Waals surface area contributed by atoms with Crippen LogP contribution < -0.4 is 9.47 Å². The van der Waals surface area contributed by atoms with Crippen LogP contribution in [0, 0.1) is 0 Å². The van der Waals surface area contributed by atoms with E-state index in [4.69, 9.17) is 9.47 Å². The van der Waals surface area contributed by atoms with Crippen molar-refractivity contribution in [2.24, 2.45) is 0 Å². The zero-order valence-electron chi connectivity index (χ0n) is 10.9. The van der Waals surface area contributed by atoms with Gasteiger partial charge in [0.15, 0.2) is 17.2 Å². The molecule has 4 heteroatoms. The number of para-hydroxylation sites is 2. The second kappa shape index (κ2) is 6.75. The quantitative estimate of drug-likeness (QED) is 0.865. The maximum Gasteiger partial charge on any atom is 0.169 e. The van der Waals surface area contributed by atoms with Crippen LogP contribution in [0.1, 0.15) is 18.9 Å². The second-order valence-corrected chi connectivity index (χ2v) is 4.04. The zero-order valence-corrected chi connectivity index (χ0v) is 10.9. The van der Waals surface area contributed by atoms with Crippen molar-refractivity contribution in [1.29, 1.82) is 0 Å². The minimum atomic E-state index is -0.0875. The number of benzene rings is 1. The van der Waals surface area contributed by atoms with E-state index in [2.05, 4.69) is 11.9 Å². The third-order valence-corrected chi connectivity index (χ3v) is 2.57. The Labute approximate surface area is 112 Å². The van der Waals surface area contributed by atoms with E-state index in [1.165, 1.54) is 0 Å². The van der Waals surface area contributed by atoms with E-state index in [0.29, 0.717) is 29.4 Å². The summed E-state index contributed by atoms with van der Waals surface area (Å²) in [6.45, 7) is 2.60. The molecule has 0 atom stereocenters. The molecule has 0 saturated carbocycles. The molecule has 0 fully saturated rings. The van der Waals surface area contributed by atoms with Crippen molar-refractivity contribution in [2.75, 3.05) is 6.61 Å². The van der Waals surface area contributed by atoms with Gasteiger partial charge in [0.1, 0.15) is 0 Å². The summed E-state index contributed by atoms with van der Waals surface area (Å²) in [4.78, 5) is 4.00. The largest absolute Gasteiger partial charge is 0.490 e. The van der Waals surface area contributed by atoms with Crippen molar-refractivity contribution in [3.05, 3.63) is 48.3 Å². The lowest BCUT2D eigenvalue weighted by atomic mass is 10.2. The van der Waals surface area contributed by atoms with Crippen molar-refractivity contribution in [2.45, 2.75) is 20.0 Å². The summed E-state index contributed by atoms with van der Waals surface area (Å²) in [5, 5.41) is 9.27. The van der Waals surface area contributed by atoms with Crippen LogP contribution >= 0.6 is 0 Å². The lowest BCUT2D eigenvalue weighted by molar-refractivity contribution is 0.273. The third kappa shape index (κ3) is 3.45. The van der Waals surface area contributed by atoms with Gasteiger partial charge < -0.3 is 14.6 Å². The van der Waals surface area contributed by atoms with E-state index in [0.717, 1.165) is 6.42 Å². The van der Waals surface area contributed by atoms with Crippen LogP contribution in [-0.2, 0) is 6.61 Å². The first kappa shape index (κ1) is 13.4. The van der Waals surface area contributed by atoms with Crippen molar-refractivity contribution in [3.8, 4) is 17.2 Å². The van der Waals surface area contributed by atoms with Crippen molar-refractivity contribution in [3.63, 3.8) is 0 Å². The first-order valence-corrected chi connectivity index (χ1v) is 6.28. The molecule has 0 amide bonds. The summed E-state index contributed by atoms with van der Waals surface area (Å²) in [5.74, 6) is 1.85. The smallest absolute Gasteiger partial charge is 0.169 e. The maximum absolute atomic E-state index is 9.27. The molecule has 1 N–H and O–H groups in total. The SMILES string of the molecule is CCCOc1ccccc1Oc1cnccc1CO. The molecule has 0 unspecified atom stereocenters. The van der Waals surface area contributed by atoms with E-state index in [1.54, 1.807) is 18.5 Å². The molecule has 4 nitrogen and oxygen atoms in total. The zero-order chi connectivity index (χ0) is 13.5. The van der Waals surface area contributed by atoms with E-state index in [-0.39, 0.29) is 6.61 Å². The molecule has 0 aliphatic heterocycles. The van der Waals surface area contributed by atoms with Gasteiger partial charge >= 0.3 is 0 Å². The highest BCUT2D eigenvalue weighted by Crippen LogP contribution is 2.32. The van der Waals surface area contributed by atoms with E-state index >= 15 is 0 Å². The molecule has 0 spiro atoms. The highest BCUT2D eigenvalue weighted by Gasteiger charge is 2.08. The Morgan fingerprint density at radius 1 is 1.11 bits per heavy atom. The molecule has 100 valence electrons. The molecule has 0 bridgehead atoms. The number of hydrogen-bond acceptors (Lipinski definition) is 4. The predicted octanol–water partition coefficient (Wildman–Crippen LogP) is 3.16. The van der Waals surface area contributed by atoms with E-state index in [1.807, 2.05) is 24.3 Å². The Morgan fingerprint density at radius 3 is 2.63 bits per heavy atom. The minimum Gasteiger partial charge on any atom is -0.490 e. The van der Waals surface area contributed by atoms with Crippen molar-refractivity contribution in [1.82, 2.24) is 4.98 Å². The Balaban J connectivity index is 2.22. The Hall–Kier alpha value is -2.07. The molecule has 2 rings (SSSR count). The predicted molar refractivity (Wildman–Crippen MR) is 72.5 cm³/mol. The van der Waals surface area contributed by atoms with Crippen LogP contribution in [0.4, 0.5) is 0 Å². The number of nitrogens with zero attached hydrogens (tertiary/aromatic N) is 1. The fourth-order valence-electron chi connectivity index (χ4n) is 1.62. The molecule has 0 saturated heterocycles. The minimum absolute atomic E-state index is 0.0875. The number of ether oxygens (including phenoxy) is 2. The van der Waals surface area contributed by atoms with Crippen LogP contribution in [0.2, 0.25) is 0 Å². The second-order valence-electron chi connectivity index (χ2n) is 4.04. The Bertz CT molecular complexity index is 528. The number of hydrogen-bond donors (Lipinski definition) is 1. The van der Waals surface area contributed by atoms with Crippen LogP contribution in [0.5, 0.6) is 17.2 Å². The van der Waals surface area contributed by atoms with Crippen molar-refractivity contribution >= 4 is 0 Å². The molecular formula is C15H17NO3. The number of rotatable bonds is 6. The molecular weight excluding hydrogens is 242 g/mol. The van der Waals surface area contributed by atoms with Gasteiger partial charge in [0.2, 0.25) is 0 Å². The fourth-order valence-corrected chi connectivity index (χ4v) is 1.62. The number of aliphatic hydroxyl groups is 1. The van der Waals surface area contributed by atoms with Gasteiger partial charge in [-0.1, -0.05) is 19.1 Å². The topological polar surface area (TPSA) is 51.6 Å². The summed E-state index contributed by atoms with van der Waals surface area (Å²) in [7, 11) is 0. The number of pyridine rings is 1. The summed E-state index contributed by atoms with van der Waals surface area (Å²) in [6.07, 6.45) is 4.14. The van der Waals surface area contributed by atoms with E-state index < -0.39 is 0 Å². The summed E-state index contributed by atoms with van der Waals surface area (Å²) >= 11 is 0. The maximum atomic E-state index is 9.27. The third-order valence-electron chi connectivity index (χ3n) is 2.57. The van der Waals surface area contributed by atoms with Crippen LogP contribution in [0.25, 0.3) is 0 Å². The van der Waals surface area contributed by atoms with Gasteiger partial charge in [-0.3, -0.25) is 4.98 Å². The molecule has 1 aromatic carbocycles.